The van der Waals surface area contributed by atoms with E-state index in [1.165, 1.54) is 6.07 Å². The zero-order chi connectivity index (χ0) is 33.6. The zero-order valence-electron chi connectivity index (χ0n) is 23.8. The Bertz CT molecular complexity index is 1620. The van der Waals surface area contributed by atoms with Crippen LogP contribution in [0.4, 0.5) is 0 Å². The number of benzene rings is 2. The van der Waals surface area contributed by atoms with Crippen molar-refractivity contribution in [3.05, 3.63) is 34.5 Å². The first kappa shape index (κ1) is 33.4. The molecular formula is C28H32O18. The number of methoxy groups -OCH3 is 1. The minimum atomic E-state index is -1.97. The third-order valence-corrected chi connectivity index (χ3v) is 7.64. The molecule has 0 aliphatic carbocycles. The average Bonchev–Trinajstić information content (AvgIpc) is 3.03. The van der Waals surface area contributed by atoms with Crippen molar-refractivity contribution >= 4 is 11.0 Å². The normalized spacial score (nSPS) is 31.5. The van der Waals surface area contributed by atoms with Gasteiger partial charge in [-0.1, -0.05) is 0 Å². The van der Waals surface area contributed by atoms with Crippen molar-refractivity contribution in [3.63, 3.8) is 0 Å². The van der Waals surface area contributed by atoms with Crippen LogP contribution in [0.1, 0.15) is 0 Å². The maximum Gasteiger partial charge on any atom is 0.239 e. The number of hydrogen-bond acceptors (Lipinski definition) is 18. The third-order valence-electron chi connectivity index (χ3n) is 7.64. The molecule has 0 amide bonds. The Kier molecular flexibility index (Phi) is 9.47. The molecule has 5 rings (SSSR count). The van der Waals surface area contributed by atoms with E-state index in [2.05, 4.69) is 0 Å². The Morgan fingerprint density at radius 2 is 1.26 bits per heavy atom. The van der Waals surface area contributed by atoms with Crippen molar-refractivity contribution in [2.24, 2.45) is 0 Å². The number of fused-ring (bicyclic) bond motifs is 1. The van der Waals surface area contributed by atoms with Crippen molar-refractivity contribution in [1.82, 2.24) is 0 Å². The van der Waals surface area contributed by atoms with E-state index in [1.54, 1.807) is 0 Å². The maximum atomic E-state index is 14.0. The van der Waals surface area contributed by atoms with Crippen molar-refractivity contribution in [2.45, 2.75) is 61.4 Å². The van der Waals surface area contributed by atoms with Gasteiger partial charge >= 0.3 is 0 Å². The lowest BCUT2D eigenvalue weighted by molar-refractivity contribution is -0.277. The van der Waals surface area contributed by atoms with Crippen molar-refractivity contribution in [1.29, 1.82) is 0 Å². The lowest BCUT2D eigenvalue weighted by atomic mass is 9.99. The zero-order valence-corrected chi connectivity index (χ0v) is 23.8. The summed E-state index contributed by atoms with van der Waals surface area (Å²) in [6.07, 6.45) is -17.4. The predicted molar refractivity (Wildman–Crippen MR) is 148 cm³/mol. The molecule has 46 heavy (non-hydrogen) atoms. The van der Waals surface area contributed by atoms with Crippen LogP contribution in [0.2, 0.25) is 0 Å². The number of phenolic OH excluding ortho intramolecular Hbond substituents is 3. The Balaban J connectivity index is 1.67. The number of hydrogen-bond donors (Lipinski definition) is 11. The fourth-order valence-electron chi connectivity index (χ4n) is 5.10. The van der Waals surface area contributed by atoms with E-state index >= 15 is 0 Å². The first-order chi connectivity index (χ1) is 21.8. The van der Waals surface area contributed by atoms with Gasteiger partial charge in [0.15, 0.2) is 28.6 Å². The van der Waals surface area contributed by atoms with Gasteiger partial charge in [-0.25, -0.2) is 0 Å². The first-order valence-corrected chi connectivity index (χ1v) is 13.7. The summed E-state index contributed by atoms with van der Waals surface area (Å²) >= 11 is 0. The van der Waals surface area contributed by atoms with E-state index < -0.39 is 126 Å². The summed E-state index contributed by atoms with van der Waals surface area (Å²) in [7, 11) is 1.12. The molecule has 0 unspecified atom stereocenters. The average molecular weight is 657 g/mol. The lowest BCUT2D eigenvalue weighted by Gasteiger charge is -2.39. The van der Waals surface area contributed by atoms with Crippen LogP contribution in [0.3, 0.4) is 0 Å². The molecule has 3 heterocycles. The van der Waals surface area contributed by atoms with Crippen molar-refractivity contribution in [3.8, 4) is 45.8 Å². The second-order valence-electron chi connectivity index (χ2n) is 10.6. The van der Waals surface area contributed by atoms with Gasteiger partial charge in [0, 0.05) is 11.6 Å². The van der Waals surface area contributed by atoms with Gasteiger partial charge in [0.1, 0.15) is 60.0 Å². The standard InChI is InChI=1S/C28H32O18/c1-41-24-12(42-27-21(39)19(37)16(34)13(6-29)43-27)5-11(33)15-18(36)26(46-28-22(40)20(38)17(35)14(7-30)44-28)23(45-25(15)24)8-2-3-9(31)10(32)4-8/h2-5,13-14,16-17,19-22,27-35,37-40H,6-7H2,1H3/t13-,14-,16-,17-,19+,20-,21-,22-,27-,28+/m1/s1. The molecule has 10 atom stereocenters. The summed E-state index contributed by atoms with van der Waals surface area (Å²) in [6, 6.07) is 4.07. The molecule has 0 bridgehead atoms. The summed E-state index contributed by atoms with van der Waals surface area (Å²) < 4.78 is 33.3. The van der Waals surface area contributed by atoms with Gasteiger partial charge in [0.25, 0.3) is 0 Å². The number of ether oxygens (including phenoxy) is 5. The van der Waals surface area contributed by atoms with Crippen LogP contribution in [-0.4, -0.2) is 138 Å². The molecule has 18 nitrogen and oxygen atoms in total. The molecule has 0 saturated carbocycles. The predicted octanol–water partition coefficient (Wildman–Crippen LogP) is -3.06. The van der Waals surface area contributed by atoms with E-state index in [1.807, 2.05) is 0 Å². The first-order valence-electron chi connectivity index (χ1n) is 13.7. The molecule has 11 N–H and O–H groups in total. The number of aromatic hydroxyl groups is 3. The molecular weight excluding hydrogens is 624 g/mol. The Morgan fingerprint density at radius 3 is 1.78 bits per heavy atom. The van der Waals surface area contributed by atoms with Crippen molar-refractivity contribution in [2.75, 3.05) is 20.3 Å². The number of rotatable bonds is 8. The van der Waals surface area contributed by atoms with Gasteiger partial charge in [-0.15, -0.1) is 0 Å². The van der Waals surface area contributed by atoms with Gasteiger partial charge in [-0.3, -0.25) is 4.79 Å². The van der Waals surface area contributed by atoms with Gasteiger partial charge in [-0.2, -0.15) is 0 Å². The van der Waals surface area contributed by atoms with Gasteiger partial charge in [0.05, 0.1) is 20.3 Å². The summed E-state index contributed by atoms with van der Waals surface area (Å²) in [4.78, 5) is 14.0. The van der Waals surface area contributed by atoms with E-state index in [0.717, 1.165) is 25.3 Å². The molecule has 1 aromatic heterocycles. The summed E-state index contributed by atoms with van der Waals surface area (Å²) in [6.45, 7) is -1.58. The van der Waals surface area contributed by atoms with E-state index in [4.69, 9.17) is 28.1 Å². The molecule has 18 heteroatoms. The van der Waals surface area contributed by atoms with Gasteiger partial charge in [-0.05, 0) is 18.2 Å². The highest BCUT2D eigenvalue weighted by Gasteiger charge is 2.47. The SMILES string of the molecule is COc1c(O[C@@H]2O[C@H](CO)[C@@H](O)[C@H](O)[C@H]2O)cc(O)c2c(=O)c(O[C@@H]3O[C@H](CO)[C@@H](O)[C@@H](O)[C@H]3O)c(-c3ccc(O)c(O)c3)oc12. The fourth-order valence-corrected chi connectivity index (χ4v) is 5.10. The smallest absolute Gasteiger partial charge is 0.239 e. The topological polar surface area (TPSA) is 299 Å². The Morgan fingerprint density at radius 1 is 0.696 bits per heavy atom. The molecule has 0 spiro atoms. The van der Waals surface area contributed by atoms with E-state index in [-0.39, 0.29) is 11.3 Å². The van der Waals surface area contributed by atoms with E-state index in [9.17, 15) is 61.0 Å². The fraction of sp³-hybridized carbons (Fsp3) is 0.464. The highest BCUT2D eigenvalue weighted by molar-refractivity contribution is 5.93. The molecule has 0 radical (unpaired) electrons. The highest BCUT2D eigenvalue weighted by atomic mass is 16.7. The van der Waals surface area contributed by atoms with Crippen LogP contribution in [0.5, 0.6) is 34.5 Å². The second-order valence-corrected chi connectivity index (χ2v) is 10.6. The number of phenols is 3. The minimum Gasteiger partial charge on any atom is -0.507 e. The van der Waals surface area contributed by atoms with Crippen LogP contribution < -0.4 is 19.6 Å². The number of aliphatic hydroxyl groups is 8. The van der Waals surface area contributed by atoms with Crippen LogP contribution in [0.25, 0.3) is 22.3 Å². The Hall–Kier alpha value is -3.95. The molecule has 2 aromatic carbocycles. The third kappa shape index (κ3) is 5.75. The summed E-state index contributed by atoms with van der Waals surface area (Å²) in [5.41, 5.74) is -1.75. The quantitative estimate of drug-likeness (QED) is 0.107. The molecule has 3 aromatic rings. The minimum absolute atomic E-state index is 0.115. The maximum absolute atomic E-state index is 14.0. The number of aliphatic hydroxyl groups excluding tert-OH is 8. The lowest BCUT2D eigenvalue weighted by Crippen LogP contribution is -2.60. The molecule has 2 aliphatic rings. The molecule has 252 valence electrons. The van der Waals surface area contributed by atoms with E-state index in [0.29, 0.717) is 0 Å². The largest absolute Gasteiger partial charge is 0.507 e. The summed E-state index contributed by atoms with van der Waals surface area (Å²) in [5.74, 6) is -4.09. The van der Waals surface area contributed by atoms with Crippen LogP contribution >= 0.6 is 0 Å². The highest BCUT2D eigenvalue weighted by Crippen LogP contribution is 2.45. The Labute approximate surface area is 257 Å². The van der Waals surface area contributed by atoms with Gasteiger partial charge in [0.2, 0.25) is 29.5 Å². The van der Waals surface area contributed by atoms with Crippen LogP contribution in [0, 0.1) is 0 Å². The van der Waals surface area contributed by atoms with Gasteiger partial charge < -0.3 is 84.3 Å². The summed E-state index contributed by atoms with van der Waals surface area (Å²) in [5, 5.41) is 111. The van der Waals surface area contributed by atoms with Crippen LogP contribution in [0.15, 0.2) is 33.5 Å². The molecule has 2 aliphatic heterocycles. The van der Waals surface area contributed by atoms with Crippen LogP contribution in [-0.2, 0) is 9.47 Å². The molecule has 2 fully saturated rings. The van der Waals surface area contributed by atoms with Crippen molar-refractivity contribution < 1.29 is 84.3 Å². The monoisotopic (exact) mass is 656 g/mol. The molecule has 2 saturated heterocycles. The second kappa shape index (κ2) is 13.0.